The number of anilines is 1. The largest absolute Gasteiger partial charge is 0.495 e. The SMILES string of the molecule is COc1ccc(NC(=O)Cn2ccc3ccn(Cc4cccc(C)c4)c3c2=O)cc1Cl. The smallest absolute Gasteiger partial charge is 0.275 e. The zero-order chi connectivity index (χ0) is 22.0. The molecule has 7 heteroatoms. The zero-order valence-electron chi connectivity index (χ0n) is 17.3. The molecule has 0 aliphatic heterocycles. The lowest BCUT2D eigenvalue weighted by Crippen LogP contribution is -2.28. The van der Waals surface area contributed by atoms with Crippen LogP contribution >= 0.6 is 11.6 Å². The van der Waals surface area contributed by atoms with E-state index in [0.29, 0.717) is 28.5 Å². The summed E-state index contributed by atoms with van der Waals surface area (Å²) in [6.07, 6.45) is 3.54. The van der Waals surface area contributed by atoms with E-state index < -0.39 is 0 Å². The molecule has 4 aromatic rings. The average Bonchev–Trinajstić information content (AvgIpc) is 3.14. The molecule has 0 aliphatic carbocycles. The van der Waals surface area contributed by atoms with Crippen molar-refractivity contribution in [1.82, 2.24) is 9.13 Å². The minimum absolute atomic E-state index is 0.103. The first kappa shape index (κ1) is 20.8. The lowest BCUT2D eigenvalue weighted by Gasteiger charge is -2.11. The van der Waals surface area contributed by atoms with Crippen molar-refractivity contribution in [2.45, 2.75) is 20.0 Å². The van der Waals surface area contributed by atoms with Crippen LogP contribution in [-0.2, 0) is 17.9 Å². The Bertz CT molecular complexity index is 1320. The maximum atomic E-state index is 13.1. The van der Waals surface area contributed by atoms with Gasteiger partial charge in [-0.05, 0) is 42.8 Å². The Labute approximate surface area is 184 Å². The molecule has 0 saturated heterocycles. The Balaban J connectivity index is 1.57. The molecule has 4 rings (SSSR count). The van der Waals surface area contributed by atoms with Crippen molar-refractivity contribution in [2.75, 3.05) is 12.4 Å². The summed E-state index contributed by atoms with van der Waals surface area (Å²) in [4.78, 5) is 25.7. The van der Waals surface area contributed by atoms with Crippen LogP contribution in [0.2, 0.25) is 5.02 Å². The number of carbonyl (C=O) groups is 1. The van der Waals surface area contributed by atoms with Crippen LogP contribution in [0.25, 0.3) is 10.9 Å². The molecule has 2 aromatic carbocycles. The van der Waals surface area contributed by atoms with Crippen molar-refractivity contribution in [2.24, 2.45) is 0 Å². The first-order valence-corrected chi connectivity index (χ1v) is 10.2. The van der Waals surface area contributed by atoms with Crippen molar-refractivity contribution in [1.29, 1.82) is 0 Å². The minimum Gasteiger partial charge on any atom is -0.495 e. The van der Waals surface area contributed by atoms with Gasteiger partial charge in [-0.3, -0.25) is 9.59 Å². The third kappa shape index (κ3) is 4.49. The third-order valence-electron chi connectivity index (χ3n) is 5.08. The molecule has 2 heterocycles. The van der Waals surface area contributed by atoms with Gasteiger partial charge in [0.25, 0.3) is 5.56 Å². The number of fused-ring (bicyclic) bond motifs is 1. The lowest BCUT2D eigenvalue weighted by molar-refractivity contribution is -0.116. The molecule has 0 aliphatic rings. The summed E-state index contributed by atoms with van der Waals surface area (Å²) in [5.41, 5.74) is 3.18. The fourth-order valence-electron chi connectivity index (χ4n) is 3.61. The van der Waals surface area contributed by atoms with Gasteiger partial charge < -0.3 is 19.2 Å². The molecule has 0 atom stereocenters. The van der Waals surface area contributed by atoms with E-state index in [2.05, 4.69) is 11.4 Å². The van der Waals surface area contributed by atoms with Gasteiger partial charge in [0.15, 0.2) is 0 Å². The topological polar surface area (TPSA) is 65.3 Å². The number of pyridine rings is 1. The van der Waals surface area contributed by atoms with Gasteiger partial charge in [-0.25, -0.2) is 0 Å². The summed E-state index contributed by atoms with van der Waals surface area (Å²) in [5.74, 6) is 0.204. The number of rotatable bonds is 6. The molecule has 0 saturated carbocycles. The normalized spacial score (nSPS) is 10.9. The van der Waals surface area contributed by atoms with Gasteiger partial charge in [-0.1, -0.05) is 41.4 Å². The molecule has 6 nitrogen and oxygen atoms in total. The average molecular weight is 436 g/mol. The first-order valence-electron chi connectivity index (χ1n) is 9.82. The molecule has 2 aromatic heterocycles. The second-order valence-corrected chi connectivity index (χ2v) is 7.79. The summed E-state index contributed by atoms with van der Waals surface area (Å²) in [5, 5.41) is 4.01. The molecule has 1 N–H and O–H groups in total. The number of ether oxygens (including phenoxy) is 1. The van der Waals surface area contributed by atoms with Crippen LogP contribution in [0.15, 0.2) is 71.8 Å². The van der Waals surface area contributed by atoms with Gasteiger partial charge in [0.1, 0.15) is 17.8 Å². The maximum Gasteiger partial charge on any atom is 0.275 e. The second kappa shape index (κ2) is 8.70. The lowest BCUT2D eigenvalue weighted by atomic mass is 10.1. The highest BCUT2D eigenvalue weighted by Crippen LogP contribution is 2.27. The van der Waals surface area contributed by atoms with Crippen molar-refractivity contribution in [3.63, 3.8) is 0 Å². The Kier molecular flexibility index (Phi) is 5.82. The highest BCUT2D eigenvalue weighted by Gasteiger charge is 2.12. The zero-order valence-corrected chi connectivity index (χ0v) is 18.0. The molecular weight excluding hydrogens is 414 g/mol. The predicted molar refractivity (Wildman–Crippen MR) is 123 cm³/mol. The number of nitrogens with zero attached hydrogens (tertiary/aromatic N) is 2. The van der Waals surface area contributed by atoms with Crippen LogP contribution in [0, 0.1) is 6.92 Å². The number of amides is 1. The monoisotopic (exact) mass is 435 g/mol. The Morgan fingerprint density at radius 2 is 1.84 bits per heavy atom. The fraction of sp³-hybridized carbons (Fsp3) is 0.167. The number of hydrogen-bond donors (Lipinski definition) is 1. The van der Waals surface area contributed by atoms with E-state index in [1.807, 2.05) is 48.0 Å². The van der Waals surface area contributed by atoms with Crippen LogP contribution in [0.3, 0.4) is 0 Å². The van der Waals surface area contributed by atoms with E-state index in [1.165, 1.54) is 17.2 Å². The number of halogens is 1. The quantitative estimate of drug-likeness (QED) is 0.486. The summed E-state index contributed by atoms with van der Waals surface area (Å²) in [6, 6.07) is 16.9. The molecule has 1 amide bonds. The molecule has 0 radical (unpaired) electrons. The Hall–Kier alpha value is -3.51. The van der Waals surface area contributed by atoms with Crippen LogP contribution < -0.4 is 15.6 Å². The summed E-state index contributed by atoms with van der Waals surface area (Å²) < 4.78 is 8.45. The number of aromatic nitrogens is 2. The molecule has 0 spiro atoms. The molecule has 31 heavy (non-hydrogen) atoms. The third-order valence-corrected chi connectivity index (χ3v) is 5.37. The Morgan fingerprint density at radius 1 is 1.06 bits per heavy atom. The summed E-state index contributed by atoms with van der Waals surface area (Å²) in [6.45, 7) is 2.52. The molecule has 158 valence electrons. The van der Waals surface area contributed by atoms with Crippen LogP contribution in [0.5, 0.6) is 5.75 Å². The number of methoxy groups -OCH3 is 1. The number of hydrogen-bond acceptors (Lipinski definition) is 3. The Morgan fingerprint density at radius 3 is 2.55 bits per heavy atom. The van der Waals surface area contributed by atoms with E-state index in [1.54, 1.807) is 24.4 Å². The van der Waals surface area contributed by atoms with Gasteiger partial charge in [-0.2, -0.15) is 0 Å². The van der Waals surface area contributed by atoms with E-state index >= 15 is 0 Å². The van der Waals surface area contributed by atoms with E-state index in [9.17, 15) is 9.59 Å². The number of benzene rings is 2. The standard InChI is InChI=1S/C24H22ClN3O3/c1-16-4-3-5-17(12-16)14-27-10-8-18-9-11-28(24(30)23(18)27)15-22(29)26-19-6-7-21(31-2)20(25)13-19/h3-13H,14-15H2,1-2H3,(H,26,29). The van der Waals surface area contributed by atoms with Crippen molar-refractivity contribution in [3.8, 4) is 5.75 Å². The van der Waals surface area contributed by atoms with Gasteiger partial charge >= 0.3 is 0 Å². The minimum atomic E-state index is -0.320. The first-order chi connectivity index (χ1) is 14.9. The van der Waals surface area contributed by atoms with Gasteiger partial charge in [0, 0.05) is 30.0 Å². The van der Waals surface area contributed by atoms with Gasteiger partial charge in [-0.15, -0.1) is 0 Å². The maximum absolute atomic E-state index is 13.1. The van der Waals surface area contributed by atoms with E-state index in [-0.39, 0.29) is 18.0 Å². The number of carbonyl (C=O) groups excluding carboxylic acids is 1. The van der Waals surface area contributed by atoms with Crippen molar-refractivity contribution < 1.29 is 9.53 Å². The number of nitrogens with one attached hydrogen (secondary N) is 1. The van der Waals surface area contributed by atoms with E-state index in [0.717, 1.165) is 10.9 Å². The predicted octanol–water partition coefficient (Wildman–Crippen LogP) is 4.46. The second-order valence-electron chi connectivity index (χ2n) is 7.38. The summed E-state index contributed by atoms with van der Waals surface area (Å²) in [7, 11) is 1.52. The molecule has 0 bridgehead atoms. The van der Waals surface area contributed by atoms with Crippen molar-refractivity contribution >= 4 is 34.1 Å². The molecular formula is C24H22ClN3O3. The fourth-order valence-corrected chi connectivity index (χ4v) is 3.86. The highest BCUT2D eigenvalue weighted by atomic mass is 35.5. The number of aryl methyl sites for hydroxylation is 1. The van der Waals surface area contributed by atoms with E-state index in [4.69, 9.17) is 16.3 Å². The molecule has 0 unspecified atom stereocenters. The molecule has 0 fully saturated rings. The van der Waals surface area contributed by atoms with Gasteiger partial charge in [0.05, 0.1) is 12.1 Å². The highest BCUT2D eigenvalue weighted by molar-refractivity contribution is 6.32. The summed E-state index contributed by atoms with van der Waals surface area (Å²) >= 11 is 6.11. The van der Waals surface area contributed by atoms with Crippen LogP contribution in [-0.4, -0.2) is 22.2 Å². The van der Waals surface area contributed by atoms with Gasteiger partial charge in [0.2, 0.25) is 5.91 Å². The van der Waals surface area contributed by atoms with Crippen LogP contribution in [0.1, 0.15) is 11.1 Å². The van der Waals surface area contributed by atoms with Crippen LogP contribution in [0.4, 0.5) is 5.69 Å². The van der Waals surface area contributed by atoms with Crippen molar-refractivity contribution in [3.05, 3.63) is 93.5 Å².